The number of nitrogens with one attached hydrogen (secondary N) is 4. The van der Waals surface area contributed by atoms with E-state index in [4.69, 9.17) is 18.7 Å². The topological polar surface area (TPSA) is 218 Å². The lowest BCUT2D eigenvalue weighted by molar-refractivity contribution is -0.0336. The van der Waals surface area contributed by atoms with Crippen molar-refractivity contribution in [3.63, 3.8) is 0 Å². The molecule has 0 aliphatic carbocycles. The van der Waals surface area contributed by atoms with Gasteiger partial charge in [-0.15, -0.1) is 0 Å². The van der Waals surface area contributed by atoms with Crippen LogP contribution in [0, 0.1) is 5.92 Å². The van der Waals surface area contributed by atoms with E-state index < -0.39 is 30.1 Å². The molecule has 0 spiro atoms. The number of aliphatic hydroxyl groups is 1. The lowest BCUT2D eigenvalue weighted by Gasteiger charge is -2.43. The van der Waals surface area contributed by atoms with Crippen LogP contribution in [0.2, 0.25) is 0 Å². The number of aliphatic hydroxyl groups excluding tert-OH is 1. The number of esters is 1. The number of ether oxygens (including phenoxy) is 3. The normalized spacial score (nSPS) is 17.6. The molecule has 6 N–H and O–H groups in total. The number of alkyl carbamates (subject to hydrolysis) is 1. The number of aromatic hydroxyl groups is 1. The first-order chi connectivity index (χ1) is 31.2. The number of benzene rings is 4. The molecule has 9 rings (SSSR count). The number of phenolic OH excluding ortho intramolecular Hbond substituents is 1. The molecule has 4 aromatic carbocycles. The number of hydrogen-bond donors (Lipinski definition) is 6. The SMILES string of the molecule is O=C(N[C@@H](c1ccccc1)c1cccc(OCc2ccc(C(=O)OCCCNC(=O)c3cc(CNCC(O)c4ccc(O)c5[nH]c(=O)ccc45)on3)cc2)c1)OC1CN2CCC1CC2. The molecule has 16 nitrogen and oxygen atoms in total. The molecule has 64 heavy (non-hydrogen) atoms. The maximum Gasteiger partial charge on any atom is 0.408 e. The van der Waals surface area contributed by atoms with E-state index in [-0.39, 0.29) is 61.5 Å². The van der Waals surface area contributed by atoms with Crippen LogP contribution in [0.15, 0.2) is 119 Å². The highest BCUT2D eigenvalue weighted by Crippen LogP contribution is 2.31. The number of carbonyl (C=O) groups excluding carboxylic acids is 3. The number of carbonyl (C=O) groups is 3. The fourth-order valence-corrected chi connectivity index (χ4v) is 8.13. The van der Waals surface area contributed by atoms with Gasteiger partial charge in [-0.1, -0.05) is 65.8 Å². The van der Waals surface area contributed by atoms with Crippen LogP contribution < -0.4 is 26.2 Å². The van der Waals surface area contributed by atoms with Crippen molar-refractivity contribution in [2.45, 2.75) is 50.7 Å². The minimum Gasteiger partial charge on any atom is -0.506 e. The van der Waals surface area contributed by atoms with Gasteiger partial charge in [-0.05, 0) is 96.9 Å². The molecule has 16 heteroatoms. The Kier molecular flexibility index (Phi) is 13.9. The summed E-state index contributed by atoms with van der Waals surface area (Å²) in [6.07, 6.45) is 0.971. The van der Waals surface area contributed by atoms with Gasteiger partial charge in [0, 0.05) is 37.2 Å². The van der Waals surface area contributed by atoms with Crippen molar-refractivity contribution in [1.29, 1.82) is 0 Å². The van der Waals surface area contributed by atoms with Gasteiger partial charge in [0.1, 0.15) is 24.2 Å². The summed E-state index contributed by atoms with van der Waals surface area (Å²) in [5, 5.41) is 34.1. The molecular weight excluding hydrogens is 821 g/mol. The van der Waals surface area contributed by atoms with Gasteiger partial charge in [-0.2, -0.15) is 0 Å². The van der Waals surface area contributed by atoms with Crippen LogP contribution in [0.25, 0.3) is 10.9 Å². The van der Waals surface area contributed by atoms with Crippen molar-refractivity contribution < 1.29 is 43.3 Å². The van der Waals surface area contributed by atoms with Crippen molar-refractivity contribution in [3.05, 3.63) is 159 Å². The molecule has 3 saturated heterocycles. The lowest BCUT2D eigenvalue weighted by Crippen LogP contribution is -2.52. The minimum atomic E-state index is -0.966. The van der Waals surface area contributed by atoms with Gasteiger partial charge in [0.05, 0.1) is 36.4 Å². The Morgan fingerprint density at radius 1 is 0.922 bits per heavy atom. The Balaban J connectivity index is 0.745. The first-order valence-electron chi connectivity index (χ1n) is 21.4. The third-order valence-corrected chi connectivity index (χ3v) is 11.6. The smallest absolute Gasteiger partial charge is 0.408 e. The van der Waals surface area contributed by atoms with Gasteiger partial charge < -0.3 is 49.9 Å². The van der Waals surface area contributed by atoms with Gasteiger partial charge >= 0.3 is 12.1 Å². The summed E-state index contributed by atoms with van der Waals surface area (Å²) in [6.45, 7) is 3.77. The van der Waals surface area contributed by atoms with Crippen LogP contribution in [0.4, 0.5) is 4.79 Å². The third-order valence-electron chi connectivity index (χ3n) is 11.6. The Morgan fingerprint density at radius 2 is 1.72 bits per heavy atom. The summed E-state index contributed by atoms with van der Waals surface area (Å²) in [4.78, 5) is 55.2. The highest BCUT2D eigenvalue weighted by atomic mass is 16.6. The molecule has 2 aromatic heterocycles. The Labute approximate surface area is 368 Å². The predicted molar refractivity (Wildman–Crippen MR) is 235 cm³/mol. The number of amides is 2. The fourth-order valence-electron chi connectivity index (χ4n) is 8.13. The maximum atomic E-state index is 13.2. The van der Waals surface area contributed by atoms with Gasteiger partial charge in [0.25, 0.3) is 5.91 Å². The van der Waals surface area contributed by atoms with Gasteiger partial charge in [0.2, 0.25) is 5.56 Å². The predicted octanol–water partition coefficient (Wildman–Crippen LogP) is 5.51. The number of pyridine rings is 1. The van der Waals surface area contributed by atoms with Crippen LogP contribution in [-0.2, 0) is 22.6 Å². The molecule has 0 saturated carbocycles. The van der Waals surface area contributed by atoms with Gasteiger partial charge in [-0.25, -0.2) is 9.59 Å². The first-order valence-corrected chi connectivity index (χ1v) is 21.4. The van der Waals surface area contributed by atoms with E-state index in [1.807, 2.05) is 54.6 Å². The molecule has 2 amide bonds. The first kappa shape index (κ1) is 43.6. The van der Waals surface area contributed by atoms with Crippen LogP contribution in [0.3, 0.4) is 0 Å². The number of piperidine rings is 3. The Morgan fingerprint density at radius 3 is 2.50 bits per heavy atom. The summed E-state index contributed by atoms with van der Waals surface area (Å²) in [7, 11) is 0. The quantitative estimate of drug-likeness (QED) is 0.0465. The summed E-state index contributed by atoms with van der Waals surface area (Å²) in [5.74, 6) is 0.351. The average molecular weight is 871 g/mol. The number of phenols is 1. The zero-order valence-electron chi connectivity index (χ0n) is 35.0. The van der Waals surface area contributed by atoms with Crippen molar-refractivity contribution >= 4 is 28.9 Å². The van der Waals surface area contributed by atoms with E-state index in [9.17, 15) is 29.4 Å². The van der Waals surface area contributed by atoms with Crippen molar-refractivity contribution in [1.82, 2.24) is 31.0 Å². The molecule has 3 fully saturated rings. The second-order valence-electron chi connectivity index (χ2n) is 16.0. The second-order valence-corrected chi connectivity index (χ2v) is 16.0. The number of nitrogens with zero attached hydrogens (tertiary/aromatic N) is 2. The van der Waals surface area contributed by atoms with E-state index >= 15 is 0 Å². The number of rotatable bonds is 18. The lowest BCUT2D eigenvalue weighted by atomic mass is 9.86. The van der Waals surface area contributed by atoms with E-state index in [1.54, 1.807) is 36.4 Å². The van der Waals surface area contributed by atoms with Gasteiger partial charge in [0.15, 0.2) is 11.5 Å². The van der Waals surface area contributed by atoms with E-state index in [1.165, 1.54) is 18.2 Å². The molecule has 3 aliphatic heterocycles. The molecule has 5 heterocycles. The Bertz CT molecular complexity index is 2610. The van der Waals surface area contributed by atoms with Crippen LogP contribution in [-0.4, -0.2) is 88.7 Å². The molecule has 2 bridgehead atoms. The van der Waals surface area contributed by atoms with E-state index in [0.29, 0.717) is 40.4 Å². The average Bonchev–Trinajstić information content (AvgIpc) is 3.80. The van der Waals surface area contributed by atoms with Crippen LogP contribution in [0.1, 0.15) is 80.3 Å². The maximum absolute atomic E-state index is 13.2. The largest absolute Gasteiger partial charge is 0.506 e. The summed E-state index contributed by atoms with van der Waals surface area (Å²) < 4.78 is 22.8. The van der Waals surface area contributed by atoms with Crippen LogP contribution >= 0.6 is 0 Å². The number of aromatic nitrogens is 2. The monoisotopic (exact) mass is 870 g/mol. The number of fused-ring (bicyclic) bond motifs is 4. The Hall–Kier alpha value is -7.01. The molecule has 0 radical (unpaired) electrons. The summed E-state index contributed by atoms with van der Waals surface area (Å²) in [5.41, 5.74) is 3.45. The van der Waals surface area contributed by atoms with Gasteiger partial charge in [-0.3, -0.25) is 14.5 Å². The molecule has 3 aliphatic rings. The fraction of sp³-hybridized carbons (Fsp3) is 0.312. The summed E-state index contributed by atoms with van der Waals surface area (Å²) >= 11 is 0. The highest BCUT2D eigenvalue weighted by Gasteiger charge is 2.37. The molecular formula is C48H50N6O10. The summed E-state index contributed by atoms with van der Waals surface area (Å²) in [6, 6.07) is 31.2. The standard InChI is InChI=1S/C48H50N6O10/c55-40-16-14-37(38-15-17-43(57)51-45(38)40)41(56)27-49-26-36-25-39(53-64-36)46(58)50-20-5-23-61-47(59)33-12-10-30(11-13-33)29-62-35-9-4-8-34(24-35)44(32-6-2-1-3-7-32)52-48(60)63-42-28-54-21-18-31(42)19-22-54/h1-4,6-17,24-25,31,41-42,44,49,55-56H,5,18-23,26-29H2,(H,50,58)(H,51,57)(H,52,60)/t41?,42?,44-/m0/s1. The number of H-pyrrole nitrogens is 1. The van der Waals surface area contributed by atoms with E-state index in [2.05, 4.69) is 31.0 Å². The zero-order valence-corrected chi connectivity index (χ0v) is 35.0. The molecule has 2 unspecified atom stereocenters. The number of aromatic amines is 1. The molecule has 3 atom stereocenters. The third kappa shape index (κ3) is 10.9. The molecule has 6 aromatic rings. The molecule has 332 valence electrons. The van der Waals surface area contributed by atoms with Crippen molar-refractivity contribution in [2.75, 3.05) is 39.3 Å². The van der Waals surface area contributed by atoms with E-state index in [0.717, 1.165) is 49.2 Å². The number of hydrogen-bond acceptors (Lipinski definition) is 13. The second kappa shape index (κ2) is 20.4. The van der Waals surface area contributed by atoms with Crippen molar-refractivity contribution in [2.24, 2.45) is 5.92 Å². The van der Waals surface area contributed by atoms with Crippen LogP contribution in [0.5, 0.6) is 11.5 Å². The zero-order chi connectivity index (χ0) is 44.4. The highest BCUT2D eigenvalue weighted by molar-refractivity contribution is 5.92. The minimum absolute atomic E-state index is 0.0737. The van der Waals surface area contributed by atoms with Crippen molar-refractivity contribution in [3.8, 4) is 11.5 Å².